The highest BCUT2D eigenvalue weighted by atomic mass is 16.5. The summed E-state index contributed by atoms with van der Waals surface area (Å²) >= 11 is 0. The summed E-state index contributed by atoms with van der Waals surface area (Å²) in [5, 5.41) is 26.6. The van der Waals surface area contributed by atoms with Crippen LogP contribution in [-0.4, -0.2) is 27.8 Å². The third-order valence-electron chi connectivity index (χ3n) is 5.19. The van der Waals surface area contributed by atoms with Gasteiger partial charge in [0.05, 0.1) is 18.0 Å². The zero-order valence-corrected chi connectivity index (χ0v) is 15.2. The lowest BCUT2D eigenvalue weighted by Gasteiger charge is -2.26. The summed E-state index contributed by atoms with van der Waals surface area (Å²) < 4.78 is 7.02. The van der Waals surface area contributed by atoms with E-state index < -0.39 is 13.0 Å². The summed E-state index contributed by atoms with van der Waals surface area (Å²) in [5.74, 6) is 1.76. The molecule has 0 unspecified atom stereocenters. The van der Waals surface area contributed by atoms with Crippen LogP contribution < -0.4 is 15.7 Å². The van der Waals surface area contributed by atoms with Gasteiger partial charge in [0, 0.05) is 17.4 Å². The van der Waals surface area contributed by atoms with E-state index in [0.29, 0.717) is 17.3 Å². The molecule has 2 heterocycles. The topological polar surface area (TPSA) is 126 Å². The molecule has 2 atom stereocenters. The molecule has 4 rings (SSSR count). The van der Waals surface area contributed by atoms with E-state index in [-0.39, 0.29) is 17.5 Å². The second kappa shape index (κ2) is 7.41. The van der Waals surface area contributed by atoms with Gasteiger partial charge < -0.3 is 20.7 Å². The first-order valence-electron chi connectivity index (χ1n) is 9.27. The average molecular weight is 377 g/mol. The van der Waals surface area contributed by atoms with Crippen molar-refractivity contribution in [2.24, 2.45) is 11.7 Å². The quantitative estimate of drug-likeness (QED) is 0.703. The van der Waals surface area contributed by atoms with Crippen molar-refractivity contribution >= 4 is 30.6 Å². The Morgan fingerprint density at radius 1 is 1.43 bits per heavy atom. The van der Waals surface area contributed by atoms with Gasteiger partial charge in [-0.3, -0.25) is 9.48 Å². The minimum atomic E-state index is -0.952. The van der Waals surface area contributed by atoms with Crippen molar-refractivity contribution in [3.8, 4) is 11.8 Å². The Hall–Kier alpha value is -3.25. The number of rotatable bonds is 4. The largest absolute Gasteiger partial charge is 0.552 e. The van der Waals surface area contributed by atoms with Crippen LogP contribution in [0.2, 0.25) is 0 Å². The Kier molecular flexibility index (Phi) is 4.80. The van der Waals surface area contributed by atoms with E-state index >= 15 is 0 Å². The van der Waals surface area contributed by atoms with Crippen molar-refractivity contribution in [1.82, 2.24) is 9.78 Å². The first-order valence-corrected chi connectivity index (χ1v) is 9.27. The molecule has 0 saturated heterocycles. The normalized spacial score (nSPS) is 20.8. The van der Waals surface area contributed by atoms with Gasteiger partial charge in [0.25, 0.3) is 5.91 Å². The van der Waals surface area contributed by atoms with Gasteiger partial charge in [0.15, 0.2) is 5.82 Å². The molecule has 1 aromatic heterocycles. The molecular weight excluding hydrogens is 357 g/mol. The van der Waals surface area contributed by atoms with E-state index in [0.717, 1.165) is 31.2 Å². The van der Waals surface area contributed by atoms with E-state index in [1.54, 1.807) is 35.1 Å². The standard InChI is InChI=1S/C19H20BN5O3/c21-10-13-3-1-2-4-16(13)25-11-15(18(22)26)19(24-25)23-14-5-6-17-12(9-14)7-8-20(27)28-17/h5-9,11,13,16,27H,1-4H2,(H2,22,26)(H,23,24)/t13-,16+/m0/s1. The number of hydrogen-bond acceptors (Lipinski definition) is 6. The maximum Gasteiger partial charge on any atom is 0.552 e. The molecule has 1 aliphatic carbocycles. The number of nitrogens with one attached hydrogen (secondary N) is 1. The molecule has 9 heteroatoms. The van der Waals surface area contributed by atoms with Crippen molar-refractivity contribution in [2.45, 2.75) is 31.7 Å². The van der Waals surface area contributed by atoms with Crippen molar-refractivity contribution in [3.05, 3.63) is 41.5 Å². The molecule has 2 aromatic rings. The molecule has 28 heavy (non-hydrogen) atoms. The Bertz CT molecular complexity index is 980. The Morgan fingerprint density at radius 3 is 3.04 bits per heavy atom. The SMILES string of the molecule is N#C[C@@H]1CCCC[C@H]1n1cc(C(N)=O)c(Nc2ccc3c(c2)C=CB(O)O3)n1. The average Bonchev–Trinajstić information content (AvgIpc) is 3.12. The van der Waals surface area contributed by atoms with E-state index in [9.17, 15) is 15.1 Å². The number of nitriles is 1. The van der Waals surface area contributed by atoms with E-state index in [2.05, 4.69) is 16.5 Å². The van der Waals surface area contributed by atoms with E-state index in [1.165, 1.54) is 0 Å². The Labute approximate surface area is 162 Å². The molecule has 2 aliphatic rings. The van der Waals surface area contributed by atoms with Crippen LogP contribution in [0.15, 0.2) is 30.4 Å². The fourth-order valence-corrected chi connectivity index (χ4v) is 3.77. The molecule has 1 aliphatic heterocycles. The maximum atomic E-state index is 11.9. The van der Waals surface area contributed by atoms with Gasteiger partial charge in [-0.25, -0.2) is 0 Å². The van der Waals surface area contributed by atoms with Gasteiger partial charge in [-0.2, -0.15) is 10.4 Å². The van der Waals surface area contributed by atoms with Gasteiger partial charge in [-0.15, -0.1) is 0 Å². The molecule has 8 nitrogen and oxygen atoms in total. The summed E-state index contributed by atoms with van der Waals surface area (Å²) in [6, 6.07) is 7.64. The van der Waals surface area contributed by atoms with Crippen molar-refractivity contribution in [3.63, 3.8) is 0 Å². The highest BCUT2D eigenvalue weighted by molar-refractivity contribution is 6.51. The van der Waals surface area contributed by atoms with Crippen LogP contribution >= 0.6 is 0 Å². The number of primary amides is 1. The minimum absolute atomic E-state index is 0.0613. The summed E-state index contributed by atoms with van der Waals surface area (Å²) in [6.45, 7) is 0. The number of amides is 1. The molecule has 1 aromatic carbocycles. The number of hydrogen-bond donors (Lipinski definition) is 3. The second-order valence-corrected chi connectivity index (χ2v) is 7.07. The molecular formula is C19H20BN5O3. The number of fused-ring (bicyclic) bond motifs is 1. The van der Waals surface area contributed by atoms with Gasteiger partial charge in [0.2, 0.25) is 0 Å². The van der Waals surface area contributed by atoms with Crippen LogP contribution in [0.1, 0.15) is 47.6 Å². The fraction of sp³-hybridized carbons (Fsp3) is 0.316. The van der Waals surface area contributed by atoms with Crippen LogP contribution in [0.4, 0.5) is 11.5 Å². The van der Waals surface area contributed by atoms with Crippen molar-refractivity contribution in [1.29, 1.82) is 5.26 Å². The van der Waals surface area contributed by atoms with Crippen LogP contribution in [-0.2, 0) is 0 Å². The van der Waals surface area contributed by atoms with Gasteiger partial charge in [0.1, 0.15) is 11.3 Å². The third kappa shape index (κ3) is 3.46. The number of nitrogens with zero attached hydrogens (tertiary/aromatic N) is 3. The van der Waals surface area contributed by atoms with Crippen LogP contribution in [0, 0.1) is 17.2 Å². The summed E-state index contributed by atoms with van der Waals surface area (Å²) in [7, 11) is -0.952. The molecule has 4 N–H and O–H groups in total. The van der Waals surface area contributed by atoms with Crippen LogP contribution in [0.5, 0.6) is 5.75 Å². The number of nitrogens with two attached hydrogens (primary N) is 1. The predicted octanol–water partition coefficient (Wildman–Crippen LogP) is 2.41. The van der Waals surface area contributed by atoms with Crippen LogP contribution in [0.3, 0.4) is 0 Å². The molecule has 1 amide bonds. The smallest absolute Gasteiger partial charge is 0.532 e. The lowest BCUT2D eigenvalue weighted by Crippen LogP contribution is -2.22. The molecule has 1 fully saturated rings. The van der Waals surface area contributed by atoms with Gasteiger partial charge in [-0.05, 0) is 37.0 Å². The number of carbonyl (C=O) groups excluding carboxylic acids is 1. The zero-order valence-electron chi connectivity index (χ0n) is 15.2. The first kappa shape index (κ1) is 18.1. The lowest BCUT2D eigenvalue weighted by atomic mass is 9.85. The van der Waals surface area contributed by atoms with Gasteiger partial charge in [-0.1, -0.05) is 18.9 Å². The lowest BCUT2D eigenvalue weighted by molar-refractivity contribution is 0.100. The predicted molar refractivity (Wildman–Crippen MR) is 105 cm³/mol. The molecule has 142 valence electrons. The number of aromatic nitrogens is 2. The number of anilines is 2. The van der Waals surface area contributed by atoms with Crippen LogP contribution in [0.25, 0.3) is 6.08 Å². The molecule has 0 bridgehead atoms. The maximum absolute atomic E-state index is 11.9. The summed E-state index contributed by atoms with van der Waals surface area (Å²) in [4.78, 5) is 11.9. The summed E-state index contributed by atoms with van der Waals surface area (Å²) in [6.07, 6.45) is 7.13. The Balaban J connectivity index is 1.63. The number of carbonyl (C=O) groups is 1. The minimum Gasteiger partial charge on any atom is -0.532 e. The molecule has 0 radical (unpaired) electrons. The van der Waals surface area contributed by atoms with Crippen molar-refractivity contribution < 1.29 is 14.5 Å². The fourth-order valence-electron chi connectivity index (χ4n) is 3.77. The monoisotopic (exact) mass is 377 g/mol. The summed E-state index contributed by atoms with van der Waals surface area (Å²) in [5.41, 5.74) is 7.33. The highest BCUT2D eigenvalue weighted by Gasteiger charge is 2.29. The van der Waals surface area contributed by atoms with Crippen molar-refractivity contribution in [2.75, 3.05) is 5.32 Å². The highest BCUT2D eigenvalue weighted by Crippen LogP contribution is 2.35. The first-order chi connectivity index (χ1) is 13.5. The van der Waals surface area contributed by atoms with Gasteiger partial charge >= 0.3 is 7.12 Å². The van der Waals surface area contributed by atoms with E-state index in [4.69, 9.17) is 10.4 Å². The molecule has 1 saturated carbocycles. The zero-order chi connectivity index (χ0) is 19.7. The molecule has 0 spiro atoms. The third-order valence-corrected chi connectivity index (χ3v) is 5.19. The second-order valence-electron chi connectivity index (χ2n) is 7.07. The van der Waals surface area contributed by atoms with E-state index in [1.807, 2.05) is 6.07 Å². The Morgan fingerprint density at radius 2 is 2.25 bits per heavy atom. The number of benzene rings is 1.